The second-order valence-electron chi connectivity index (χ2n) is 5.68. The highest BCUT2D eigenvalue weighted by atomic mass is 32.1. The topological polar surface area (TPSA) is 60.9 Å². The minimum Gasteiger partial charge on any atom is -0.284 e. The normalized spacial score (nSPS) is 15.0. The quantitative estimate of drug-likeness (QED) is 0.595. The molecule has 0 unspecified atom stereocenters. The van der Waals surface area contributed by atoms with E-state index in [9.17, 15) is 14.4 Å². The molecular weight excluding hydrogens is 326 g/mol. The third-order valence-electron chi connectivity index (χ3n) is 3.73. The molecule has 3 rings (SSSR count). The predicted molar refractivity (Wildman–Crippen MR) is 89.9 cm³/mol. The van der Waals surface area contributed by atoms with Crippen LogP contribution in [0.25, 0.3) is 0 Å². The fourth-order valence-corrected chi connectivity index (χ4v) is 3.23. The molecule has 0 spiro atoms. The van der Waals surface area contributed by atoms with E-state index in [0.717, 1.165) is 20.9 Å². The van der Waals surface area contributed by atoms with Gasteiger partial charge in [-0.2, -0.15) is 11.3 Å². The third-order valence-corrected chi connectivity index (χ3v) is 4.47. The molecule has 124 valence electrons. The second kappa shape index (κ2) is 6.94. The van der Waals surface area contributed by atoms with Crippen LogP contribution in [0.3, 0.4) is 0 Å². The first-order valence-electron chi connectivity index (χ1n) is 7.47. The summed E-state index contributed by atoms with van der Waals surface area (Å²) < 4.78 is 0. The summed E-state index contributed by atoms with van der Waals surface area (Å²) in [6.07, 6.45) is 0. The van der Waals surface area contributed by atoms with Crippen molar-refractivity contribution in [2.24, 2.45) is 0 Å². The maximum atomic E-state index is 12.5. The number of rotatable bonds is 6. The number of imide groups is 2. The molecule has 1 aromatic heterocycles. The summed E-state index contributed by atoms with van der Waals surface area (Å²) in [6, 6.07) is 10.6. The number of hydrogen-bond donors (Lipinski definition) is 0. The first kappa shape index (κ1) is 16.4. The molecule has 0 N–H and O–H groups in total. The standard InChI is InChI=1S/C17H17N3O3S/c1-18(9-14-7-8-24-11-14)12-20-16(22)15(21)19(17(20)23)10-13-5-3-2-4-6-13/h2-8,11H,9-10,12H2,1H3. The number of carbonyl (C=O) groups is 3. The second-order valence-corrected chi connectivity index (χ2v) is 6.46. The summed E-state index contributed by atoms with van der Waals surface area (Å²) in [5, 5.41) is 3.98. The Hall–Kier alpha value is -2.51. The van der Waals surface area contributed by atoms with E-state index in [0.29, 0.717) is 6.54 Å². The van der Waals surface area contributed by atoms with Crippen molar-refractivity contribution in [3.05, 3.63) is 58.3 Å². The molecule has 1 aliphatic rings. The average molecular weight is 343 g/mol. The molecule has 4 amide bonds. The van der Waals surface area contributed by atoms with E-state index in [1.165, 1.54) is 0 Å². The van der Waals surface area contributed by atoms with Crippen LogP contribution in [0.2, 0.25) is 0 Å². The van der Waals surface area contributed by atoms with Crippen LogP contribution in [-0.4, -0.2) is 46.3 Å². The van der Waals surface area contributed by atoms with Crippen LogP contribution >= 0.6 is 11.3 Å². The van der Waals surface area contributed by atoms with Crippen molar-refractivity contribution in [1.29, 1.82) is 0 Å². The molecule has 0 bridgehead atoms. The molecular formula is C17H17N3O3S. The van der Waals surface area contributed by atoms with E-state index in [-0.39, 0.29) is 13.2 Å². The highest BCUT2D eigenvalue weighted by molar-refractivity contribution is 7.07. The Bertz CT molecular complexity index is 746. The van der Waals surface area contributed by atoms with E-state index < -0.39 is 17.8 Å². The molecule has 6 nitrogen and oxygen atoms in total. The highest BCUT2D eigenvalue weighted by Crippen LogP contribution is 2.17. The number of urea groups is 1. The lowest BCUT2D eigenvalue weighted by atomic mass is 10.2. The first-order valence-corrected chi connectivity index (χ1v) is 8.41. The number of amides is 4. The summed E-state index contributed by atoms with van der Waals surface area (Å²) in [6.45, 7) is 0.799. The molecule has 0 aliphatic carbocycles. The molecule has 1 saturated heterocycles. The third kappa shape index (κ3) is 3.37. The van der Waals surface area contributed by atoms with Gasteiger partial charge in [0.15, 0.2) is 0 Å². The highest BCUT2D eigenvalue weighted by Gasteiger charge is 2.44. The number of hydrogen-bond acceptors (Lipinski definition) is 5. The van der Waals surface area contributed by atoms with Gasteiger partial charge >= 0.3 is 17.8 Å². The van der Waals surface area contributed by atoms with Crippen molar-refractivity contribution in [3.8, 4) is 0 Å². The Balaban J connectivity index is 1.67. The predicted octanol–water partition coefficient (Wildman–Crippen LogP) is 2.13. The lowest BCUT2D eigenvalue weighted by Crippen LogP contribution is -2.40. The SMILES string of the molecule is CN(Cc1ccsc1)CN1C(=O)C(=O)N(Cc2ccccc2)C1=O. The number of nitrogens with zero attached hydrogens (tertiary/aromatic N) is 3. The monoisotopic (exact) mass is 343 g/mol. The van der Waals surface area contributed by atoms with E-state index >= 15 is 0 Å². The van der Waals surface area contributed by atoms with Crippen LogP contribution in [0.5, 0.6) is 0 Å². The van der Waals surface area contributed by atoms with Crippen LogP contribution in [-0.2, 0) is 22.7 Å². The molecule has 7 heteroatoms. The molecule has 1 fully saturated rings. The molecule has 24 heavy (non-hydrogen) atoms. The Morgan fingerprint density at radius 2 is 1.67 bits per heavy atom. The molecule has 1 aliphatic heterocycles. The van der Waals surface area contributed by atoms with Crippen LogP contribution in [0.15, 0.2) is 47.2 Å². The van der Waals surface area contributed by atoms with Crippen LogP contribution in [0.1, 0.15) is 11.1 Å². The number of carbonyl (C=O) groups excluding carboxylic acids is 3. The van der Waals surface area contributed by atoms with E-state index in [4.69, 9.17) is 0 Å². The zero-order chi connectivity index (χ0) is 17.1. The van der Waals surface area contributed by atoms with Gasteiger partial charge in [-0.25, -0.2) is 9.69 Å². The molecule has 1 aromatic carbocycles. The zero-order valence-electron chi connectivity index (χ0n) is 13.2. The largest absolute Gasteiger partial charge is 0.335 e. The van der Waals surface area contributed by atoms with Gasteiger partial charge in [0.2, 0.25) is 0 Å². The van der Waals surface area contributed by atoms with Gasteiger partial charge in [0.25, 0.3) is 0 Å². The number of thiophene rings is 1. The molecule has 0 saturated carbocycles. The molecule has 0 radical (unpaired) electrons. The van der Waals surface area contributed by atoms with Gasteiger partial charge in [0.1, 0.15) is 0 Å². The minimum absolute atomic E-state index is 0.0878. The Labute approximate surface area is 143 Å². The van der Waals surface area contributed by atoms with Gasteiger partial charge in [-0.1, -0.05) is 30.3 Å². The molecule has 2 aromatic rings. The maximum absolute atomic E-state index is 12.5. The smallest absolute Gasteiger partial charge is 0.284 e. The van der Waals surface area contributed by atoms with Gasteiger partial charge in [-0.05, 0) is 35.0 Å². The molecule has 0 atom stereocenters. The summed E-state index contributed by atoms with van der Waals surface area (Å²) in [7, 11) is 1.81. The van der Waals surface area contributed by atoms with Crippen molar-refractivity contribution in [1.82, 2.24) is 14.7 Å². The maximum Gasteiger partial charge on any atom is 0.335 e. The Kier molecular flexibility index (Phi) is 4.73. The van der Waals surface area contributed by atoms with Crippen molar-refractivity contribution in [2.75, 3.05) is 13.7 Å². The molecule has 2 heterocycles. The average Bonchev–Trinajstić information content (AvgIpc) is 3.15. The van der Waals surface area contributed by atoms with Crippen molar-refractivity contribution in [2.45, 2.75) is 13.1 Å². The van der Waals surface area contributed by atoms with Crippen molar-refractivity contribution in [3.63, 3.8) is 0 Å². The zero-order valence-corrected chi connectivity index (χ0v) is 14.0. The summed E-state index contributed by atoms with van der Waals surface area (Å²) in [5.41, 5.74) is 1.91. The summed E-state index contributed by atoms with van der Waals surface area (Å²) in [5.74, 6) is -1.54. The van der Waals surface area contributed by atoms with Crippen molar-refractivity contribution < 1.29 is 14.4 Å². The Morgan fingerprint density at radius 3 is 2.33 bits per heavy atom. The van der Waals surface area contributed by atoms with E-state index in [1.54, 1.807) is 11.3 Å². The van der Waals surface area contributed by atoms with Gasteiger partial charge in [-0.3, -0.25) is 19.4 Å². The fourth-order valence-electron chi connectivity index (χ4n) is 2.57. The first-order chi connectivity index (χ1) is 11.6. The summed E-state index contributed by atoms with van der Waals surface area (Å²) >= 11 is 1.59. The van der Waals surface area contributed by atoms with Gasteiger partial charge in [0, 0.05) is 6.54 Å². The summed E-state index contributed by atoms with van der Waals surface area (Å²) in [4.78, 5) is 40.5. The van der Waals surface area contributed by atoms with Gasteiger partial charge in [-0.15, -0.1) is 0 Å². The lowest BCUT2D eigenvalue weighted by Gasteiger charge is -2.22. The van der Waals surface area contributed by atoms with Crippen LogP contribution in [0.4, 0.5) is 4.79 Å². The number of benzene rings is 1. The van der Waals surface area contributed by atoms with Gasteiger partial charge in [0.05, 0.1) is 13.2 Å². The van der Waals surface area contributed by atoms with Gasteiger partial charge < -0.3 is 0 Å². The lowest BCUT2D eigenvalue weighted by molar-refractivity contribution is -0.144. The van der Waals surface area contributed by atoms with Crippen molar-refractivity contribution >= 4 is 29.2 Å². The van der Waals surface area contributed by atoms with Crippen LogP contribution in [0, 0.1) is 0 Å². The van der Waals surface area contributed by atoms with E-state index in [1.807, 2.05) is 59.1 Å². The fraction of sp³-hybridized carbons (Fsp3) is 0.235. The minimum atomic E-state index is -0.771. The Morgan fingerprint density at radius 1 is 0.958 bits per heavy atom. The van der Waals surface area contributed by atoms with Crippen LogP contribution < -0.4 is 0 Å². The van der Waals surface area contributed by atoms with E-state index in [2.05, 4.69) is 0 Å².